The summed E-state index contributed by atoms with van der Waals surface area (Å²) in [4.78, 5) is 22.0. The SMILES string of the molecule is CC(C)(C)OOC1(OOC(C)(C)C)CCCCC1.CCCCCC. The van der Waals surface area contributed by atoms with Gasteiger partial charge in [-0.2, -0.15) is 9.78 Å². The van der Waals surface area contributed by atoms with E-state index in [1.807, 2.05) is 41.5 Å². The van der Waals surface area contributed by atoms with Crippen molar-refractivity contribution in [3.63, 3.8) is 0 Å². The van der Waals surface area contributed by atoms with Crippen molar-refractivity contribution in [1.29, 1.82) is 0 Å². The van der Waals surface area contributed by atoms with E-state index in [2.05, 4.69) is 13.8 Å². The molecule has 4 heteroatoms. The molecule has 0 aliphatic heterocycles. The third kappa shape index (κ3) is 13.2. The fraction of sp³-hybridized carbons (Fsp3) is 1.00. The Morgan fingerprint density at radius 3 is 1.33 bits per heavy atom. The van der Waals surface area contributed by atoms with Crippen molar-refractivity contribution in [3.8, 4) is 0 Å². The number of hydrogen-bond donors (Lipinski definition) is 0. The van der Waals surface area contributed by atoms with Crippen LogP contribution in [-0.2, 0) is 19.6 Å². The molecule has 146 valence electrons. The summed E-state index contributed by atoms with van der Waals surface area (Å²) in [5, 5.41) is 0. The Morgan fingerprint density at radius 2 is 1.04 bits per heavy atom. The molecular weight excluding hydrogens is 304 g/mol. The van der Waals surface area contributed by atoms with E-state index in [-0.39, 0.29) is 11.2 Å². The first kappa shape index (κ1) is 23.8. The highest BCUT2D eigenvalue weighted by molar-refractivity contribution is 4.73. The van der Waals surface area contributed by atoms with Crippen LogP contribution in [0.4, 0.5) is 0 Å². The maximum absolute atomic E-state index is 5.58. The molecule has 0 radical (unpaired) electrons. The highest BCUT2D eigenvalue weighted by atomic mass is 17.3. The molecule has 1 fully saturated rings. The molecule has 0 aromatic carbocycles. The van der Waals surface area contributed by atoms with Crippen LogP contribution in [0.2, 0.25) is 0 Å². The topological polar surface area (TPSA) is 36.9 Å². The van der Waals surface area contributed by atoms with Gasteiger partial charge in [0.05, 0.1) is 11.2 Å². The van der Waals surface area contributed by atoms with Crippen LogP contribution in [0, 0.1) is 0 Å². The Morgan fingerprint density at radius 1 is 0.667 bits per heavy atom. The molecule has 0 aromatic heterocycles. The fourth-order valence-corrected chi connectivity index (χ4v) is 2.17. The lowest BCUT2D eigenvalue weighted by molar-refractivity contribution is -0.545. The third-order valence-corrected chi connectivity index (χ3v) is 3.46. The van der Waals surface area contributed by atoms with E-state index in [9.17, 15) is 0 Å². The van der Waals surface area contributed by atoms with Gasteiger partial charge in [0.1, 0.15) is 0 Å². The summed E-state index contributed by atoms with van der Waals surface area (Å²) in [5.41, 5.74) is -0.703. The van der Waals surface area contributed by atoms with Gasteiger partial charge in [-0.25, -0.2) is 9.78 Å². The average Bonchev–Trinajstić information content (AvgIpc) is 2.49. The highest BCUT2D eigenvalue weighted by Crippen LogP contribution is 2.35. The van der Waals surface area contributed by atoms with Gasteiger partial charge in [-0.05, 0) is 54.4 Å². The molecule has 1 saturated carbocycles. The van der Waals surface area contributed by atoms with Crippen molar-refractivity contribution < 1.29 is 19.6 Å². The summed E-state index contributed by atoms with van der Waals surface area (Å²) in [6.07, 6.45) is 10.5. The summed E-state index contributed by atoms with van der Waals surface area (Å²) >= 11 is 0. The predicted octanol–water partition coefficient (Wildman–Crippen LogP) is 6.73. The van der Waals surface area contributed by atoms with E-state index in [0.29, 0.717) is 0 Å². The van der Waals surface area contributed by atoms with Crippen molar-refractivity contribution in [2.24, 2.45) is 0 Å². The summed E-state index contributed by atoms with van der Waals surface area (Å²) in [6.45, 7) is 16.2. The molecule has 0 heterocycles. The quantitative estimate of drug-likeness (QED) is 0.222. The van der Waals surface area contributed by atoms with Crippen LogP contribution < -0.4 is 0 Å². The minimum atomic E-state index is -0.751. The molecule has 0 unspecified atom stereocenters. The van der Waals surface area contributed by atoms with Gasteiger partial charge in [-0.3, -0.25) is 0 Å². The van der Waals surface area contributed by atoms with Crippen molar-refractivity contribution in [2.45, 2.75) is 130 Å². The normalized spacial score (nSPS) is 18.0. The second-order valence-corrected chi connectivity index (χ2v) is 8.74. The Balaban J connectivity index is 0.000000754. The van der Waals surface area contributed by atoms with Crippen LogP contribution in [-0.4, -0.2) is 17.0 Å². The second-order valence-electron chi connectivity index (χ2n) is 8.74. The predicted molar refractivity (Wildman–Crippen MR) is 99.5 cm³/mol. The molecular formula is C20H42O4. The smallest absolute Gasteiger partial charge is 0.228 e. The molecule has 1 aliphatic rings. The number of rotatable bonds is 7. The van der Waals surface area contributed by atoms with Crippen molar-refractivity contribution in [3.05, 3.63) is 0 Å². The zero-order valence-corrected chi connectivity index (χ0v) is 17.5. The molecule has 1 rings (SSSR count). The minimum Gasteiger partial charge on any atom is -0.228 e. The summed E-state index contributed by atoms with van der Waals surface area (Å²) in [6, 6.07) is 0. The first-order valence-electron chi connectivity index (χ1n) is 9.77. The van der Waals surface area contributed by atoms with E-state index in [0.717, 1.165) is 25.7 Å². The van der Waals surface area contributed by atoms with Gasteiger partial charge in [0.2, 0.25) is 5.79 Å². The van der Waals surface area contributed by atoms with Crippen LogP contribution in [0.1, 0.15) is 113 Å². The van der Waals surface area contributed by atoms with Crippen LogP contribution in [0.25, 0.3) is 0 Å². The van der Waals surface area contributed by atoms with Gasteiger partial charge in [0.25, 0.3) is 0 Å². The van der Waals surface area contributed by atoms with Gasteiger partial charge < -0.3 is 0 Å². The highest BCUT2D eigenvalue weighted by Gasteiger charge is 2.39. The molecule has 0 atom stereocenters. The van der Waals surface area contributed by atoms with Gasteiger partial charge in [-0.15, -0.1) is 0 Å². The Hall–Kier alpha value is -0.160. The molecule has 4 nitrogen and oxygen atoms in total. The van der Waals surface area contributed by atoms with Crippen LogP contribution >= 0.6 is 0 Å². The van der Waals surface area contributed by atoms with Gasteiger partial charge in [0, 0.05) is 12.8 Å². The average molecular weight is 347 g/mol. The van der Waals surface area contributed by atoms with Gasteiger partial charge in [0.15, 0.2) is 0 Å². The third-order valence-electron chi connectivity index (χ3n) is 3.46. The maximum atomic E-state index is 5.58. The molecule has 1 aliphatic carbocycles. The van der Waals surface area contributed by atoms with Crippen LogP contribution in [0.3, 0.4) is 0 Å². The molecule has 24 heavy (non-hydrogen) atoms. The van der Waals surface area contributed by atoms with E-state index >= 15 is 0 Å². The molecule has 0 aromatic rings. The minimum absolute atomic E-state index is 0.352. The lowest BCUT2D eigenvalue weighted by Crippen LogP contribution is -2.42. The summed E-state index contributed by atoms with van der Waals surface area (Å²) < 4.78 is 0. The zero-order chi connectivity index (χ0) is 18.7. The number of unbranched alkanes of at least 4 members (excludes halogenated alkanes) is 3. The Bertz CT molecular complexity index is 272. The first-order valence-corrected chi connectivity index (χ1v) is 9.77. The summed E-state index contributed by atoms with van der Waals surface area (Å²) in [5.74, 6) is -0.751. The Kier molecular flexibility index (Phi) is 11.4. The van der Waals surface area contributed by atoms with E-state index < -0.39 is 5.79 Å². The summed E-state index contributed by atoms with van der Waals surface area (Å²) in [7, 11) is 0. The lowest BCUT2D eigenvalue weighted by Gasteiger charge is -2.37. The molecule has 0 bridgehead atoms. The van der Waals surface area contributed by atoms with Crippen LogP contribution in [0.5, 0.6) is 0 Å². The molecule has 0 amide bonds. The second kappa shape index (κ2) is 11.5. The van der Waals surface area contributed by atoms with E-state index in [1.54, 1.807) is 0 Å². The maximum Gasteiger partial charge on any atom is 0.234 e. The molecule has 0 N–H and O–H groups in total. The number of hydrogen-bond acceptors (Lipinski definition) is 4. The van der Waals surface area contributed by atoms with Crippen molar-refractivity contribution >= 4 is 0 Å². The van der Waals surface area contributed by atoms with E-state index in [4.69, 9.17) is 19.6 Å². The fourth-order valence-electron chi connectivity index (χ4n) is 2.17. The standard InChI is InChI=1S/C14H28O4.C6H14/c1-12(2,3)15-17-14(10-8-7-9-11-14)18-16-13(4,5)6;1-3-5-6-4-2/h7-11H2,1-6H3;3-6H2,1-2H3. The Labute approximate surface area is 150 Å². The largest absolute Gasteiger partial charge is 0.234 e. The molecule has 0 saturated heterocycles. The monoisotopic (exact) mass is 346 g/mol. The first-order chi connectivity index (χ1) is 11.0. The lowest BCUT2D eigenvalue weighted by atomic mass is 9.94. The zero-order valence-electron chi connectivity index (χ0n) is 17.5. The van der Waals surface area contributed by atoms with Crippen molar-refractivity contribution in [1.82, 2.24) is 0 Å². The van der Waals surface area contributed by atoms with E-state index in [1.165, 1.54) is 32.1 Å². The van der Waals surface area contributed by atoms with Crippen molar-refractivity contribution in [2.75, 3.05) is 0 Å². The molecule has 0 spiro atoms. The van der Waals surface area contributed by atoms with Gasteiger partial charge >= 0.3 is 0 Å². The van der Waals surface area contributed by atoms with Gasteiger partial charge in [-0.1, -0.05) is 46.0 Å². The van der Waals surface area contributed by atoms with Crippen LogP contribution in [0.15, 0.2) is 0 Å².